The molecule has 0 saturated heterocycles. The summed E-state index contributed by atoms with van der Waals surface area (Å²) in [6.45, 7) is 1.78. The lowest BCUT2D eigenvalue weighted by atomic mass is 10.1. The molecule has 5 heteroatoms. The Morgan fingerprint density at radius 3 is 2.60 bits per heavy atom. The number of carbonyl (C=O) groups excluding carboxylic acids is 1. The number of hydrogen-bond donors (Lipinski definition) is 1. The van der Waals surface area contributed by atoms with Crippen molar-refractivity contribution >= 4 is 33.6 Å². The minimum absolute atomic E-state index is 0.205. The number of benzene rings is 1. The van der Waals surface area contributed by atoms with E-state index in [1.807, 2.05) is 36.4 Å². The average molecular weight is 331 g/mol. The van der Waals surface area contributed by atoms with Gasteiger partial charge < -0.3 is 4.42 Å². The number of amides is 1. The number of hydrazone groups is 1. The molecule has 2 aromatic rings. The van der Waals surface area contributed by atoms with Crippen molar-refractivity contribution in [3.05, 3.63) is 52.2 Å². The number of nitrogens with one attached hydrogen (secondary N) is 1. The van der Waals surface area contributed by atoms with Crippen LogP contribution in [0.4, 0.5) is 0 Å². The van der Waals surface area contributed by atoms with Gasteiger partial charge in [0.2, 0.25) is 0 Å². The third-order valence-corrected chi connectivity index (χ3v) is 3.53. The molecule has 0 bridgehead atoms. The van der Waals surface area contributed by atoms with E-state index < -0.39 is 0 Å². The van der Waals surface area contributed by atoms with E-state index in [2.05, 4.69) is 26.5 Å². The van der Waals surface area contributed by atoms with Crippen molar-refractivity contribution in [2.24, 2.45) is 5.10 Å². The van der Waals surface area contributed by atoms with Crippen LogP contribution in [0, 0.1) is 0 Å². The molecule has 100 valence electrons. The smallest absolute Gasteiger partial charge is 0.273 e. The lowest BCUT2D eigenvalue weighted by molar-refractivity contribution is -0.116. The van der Waals surface area contributed by atoms with Crippen LogP contribution in [-0.2, 0) is 4.79 Å². The molecule has 1 aliphatic rings. The Hall–Kier alpha value is -2.14. The molecule has 20 heavy (non-hydrogen) atoms. The SMILES string of the molecule is CC1=NNC(=O)/C1=C/c1ccc(-c2ccc(Br)cc2)o1. The van der Waals surface area contributed by atoms with Crippen molar-refractivity contribution in [3.8, 4) is 11.3 Å². The predicted molar refractivity (Wildman–Crippen MR) is 81.1 cm³/mol. The topological polar surface area (TPSA) is 54.6 Å². The Labute approximate surface area is 124 Å². The van der Waals surface area contributed by atoms with Gasteiger partial charge in [0.05, 0.1) is 11.3 Å². The number of nitrogens with zero attached hydrogens (tertiary/aromatic N) is 1. The van der Waals surface area contributed by atoms with Gasteiger partial charge >= 0.3 is 0 Å². The molecule has 4 nitrogen and oxygen atoms in total. The highest BCUT2D eigenvalue weighted by Crippen LogP contribution is 2.25. The first kappa shape index (κ1) is 12.9. The number of carbonyl (C=O) groups is 1. The van der Waals surface area contributed by atoms with Crippen molar-refractivity contribution < 1.29 is 9.21 Å². The van der Waals surface area contributed by atoms with Gasteiger partial charge in [0.25, 0.3) is 5.91 Å². The van der Waals surface area contributed by atoms with Gasteiger partial charge in [-0.2, -0.15) is 5.10 Å². The minimum atomic E-state index is -0.205. The van der Waals surface area contributed by atoms with Gasteiger partial charge in [0.1, 0.15) is 11.5 Å². The Kier molecular flexibility index (Phi) is 3.28. The monoisotopic (exact) mass is 330 g/mol. The van der Waals surface area contributed by atoms with E-state index in [9.17, 15) is 4.79 Å². The second kappa shape index (κ2) is 5.09. The normalized spacial score (nSPS) is 16.4. The van der Waals surface area contributed by atoms with Crippen LogP contribution in [0.25, 0.3) is 17.4 Å². The highest BCUT2D eigenvalue weighted by Gasteiger charge is 2.19. The molecule has 1 aliphatic heterocycles. The van der Waals surface area contributed by atoms with Gasteiger partial charge in [-0.15, -0.1) is 0 Å². The van der Waals surface area contributed by atoms with Crippen molar-refractivity contribution in [2.75, 3.05) is 0 Å². The Morgan fingerprint density at radius 2 is 1.95 bits per heavy atom. The van der Waals surface area contributed by atoms with Gasteiger partial charge in [0.15, 0.2) is 0 Å². The van der Waals surface area contributed by atoms with E-state index in [0.29, 0.717) is 17.0 Å². The molecule has 2 heterocycles. The van der Waals surface area contributed by atoms with Gasteiger partial charge in [-0.25, -0.2) is 5.43 Å². The molecule has 0 fully saturated rings. The first-order valence-corrected chi connectivity index (χ1v) is 6.85. The summed E-state index contributed by atoms with van der Waals surface area (Å²) in [4.78, 5) is 11.6. The lowest BCUT2D eigenvalue weighted by Crippen LogP contribution is -2.12. The number of rotatable bonds is 2. The van der Waals surface area contributed by atoms with Crippen molar-refractivity contribution in [1.82, 2.24) is 5.43 Å². The van der Waals surface area contributed by atoms with Crippen LogP contribution in [0.15, 0.2) is 56.0 Å². The molecule has 0 aliphatic carbocycles. The van der Waals surface area contributed by atoms with E-state index >= 15 is 0 Å². The standard InChI is InChI=1S/C15H11BrN2O2/c1-9-13(15(19)18-17-9)8-12-6-7-14(20-12)10-2-4-11(16)5-3-10/h2-8H,1H3,(H,18,19)/b13-8+. The zero-order valence-corrected chi connectivity index (χ0v) is 12.3. The summed E-state index contributed by atoms with van der Waals surface area (Å²) in [7, 11) is 0. The van der Waals surface area contributed by atoms with Gasteiger partial charge in [-0.1, -0.05) is 28.1 Å². The van der Waals surface area contributed by atoms with Gasteiger partial charge in [-0.05, 0) is 37.3 Å². The lowest BCUT2D eigenvalue weighted by Gasteiger charge is -1.97. The molecular weight excluding hydrogens is 320 g/mol. The molecule has 1 N–H and O–H groups in total. The van der Waals surface area contributed by atoms with Crippen LogP contribution in [0.5, 0.6) is 0 Å². The van der Waals surface area contributed by atoms with Crippen molar-refractivity contribution in [1.29, 1.82) is 0 Å². The fraction of sp³-hybridized carbons (Fsp3) is 0.0667. The summed E-state index contributed by atoms with van der Waals surface area (Å²) in [5.41, 5.74) is 4.60. The maximum Gasteiger partial charge on any atom is 0.273 e. The van der Waals surface area contributed by atoms with E-state index in [-0.39, 0.29) is 5.91 Å². The van der Waals surface area contributed by atoms with E-state index in [1.54, 1.807) is 13.0 Å². The van der Waals surface area contributed by atoms with Crippen LogP contribution in [0.2, 0.25) is 0 Å². The molecule has 0 unspecified atom stereocenters. The molecule has 0 saturated carbocycles. The maximum absolute atomic E-state index is 11.6. The third-order valence-electron chi connectivity index (χ3n) is 3.00. The number of furan rings is 1. The van der Waals surface area contributed by atoms with Crippen LogP contribution in [-0.4, -0.2) is 11.6 Å². The van der Waals surface area contributed by atoms with Gasteiger partial charge in [0, 0.05) is 10.0 Å². The van der Waals surface area contributed by atoms with Crippen LogP contribution in [0.1, 0.15) is 12.7 Å². The molecule has 1 aromatic heterocycles. The molecule has 0 radical (unpaired) electrons. The predicted octanol–water partition coefficient (Wildman–Crippen LogP) is 3.60. The Balaban J connectivity index is 1.91. The first-order valence-electron chi connectivity index (χ1n) is 6.06. The summed E-state index contributed by atoms with van der Waals surface area (Å²) in [6.07, 6.45) is 1.70. The number of halogens is 1. The third kappa shape index (κ3) is 2.44. The van der Waals surface area contributed by atoms with Crippen molar-refractivity contribution in [2.45, 2.75) is 6.92 Å². The fourth-order valence-electron chi connectivity index (χ4n) is 1.93. The summed E-state index contributed by atoms with van der Waals surface area (Å²) in [5.74, 6) is 1.19. The molecule has 0 spiro atoms. The van der Waals surface area contributed by atoms with Crippen LogP contribution in [0.3, 0.4) is 0 Å². The molecular formula is C15H11BrN2O2. The largest absolute Gasteiger partial charge is 0.457 e. The van der Waals surface area contributed by atoms with Gasteiger partial charge in [-0.3, -0.25) is 4.79 Å². The maximum atomic E-state index is 11.6. The van der Waals surface area contributed by atoms with E-state index in [1.165, 1.54) is 0 Å². The molecule has 3 rings (SSSR count). The summed E-state index contributed by atoms with van der Waals surface area (Å²) in [6, 6.07) is 11.6. The van der Waals surface area contributed by atoms with Crippen molar-refractivity contribution in [3.63, 3.8) is 0 Å². The second-order valence-electron chi connectivity index (χ2n) is 4.41. The van der Waals surface area contributed by atoms with Crippen LogP contribution >= 0.6 is 15.9 Å². The molecule has 0 atom stereocenters. The highest BCUT2D eigenvalue weighted by molar-refractivity contribution is 9.10. The quantitative estimate of drug-likeness (QED) is 0.855. The minimum Gasteiger partial charge on any atom is -0.457 e. The second-order valence-corrected chi connectivity index (χ2v) is 5.32. The Morgan fingerprint density at radius 1 is 1.20 bits per heavy atom. The van der Waals surface area contributed by atoms with E-state index in [0.717, 1.165) is 15.8 Å². The number of hydrogen-bond acceptors (Lipinski definition) is 3. The molecule has 1 amide bonds. The molecule has 1 aromatic carbocycles. The summed E-state index contributed by atoms with van der Waals surface area (Å²) < 4.78 is 6.76. The zero-order valence-electron chi connectivity index (χ0n) is 10.7. The highest BCUT2D eigenvalue weighted by atomic mass is 79.9. The summed E-state index contributed by atoms with van der Waals surface area (Å²) in [5, 5.41) is 3.87. The Bertz CT molecular complexity index is 727. The van der Waals surface area contributed by atoms with Crippen LogP contribution < -0.4 is 5.43 Å². The van der Waals surface area contributed by atoms with E-state index in [4.69, 9.17) is 4.42 Å². The first-order chi connectivity index (χ1) is 9.63. The summed E-state index contributed by atoms with van der Waals surface area (Å²) >= 11 is 3.40. The zero-order chi connectivity index (χ0) is 14.1. The average Bonchev–Trinajstić information content (AvgIpc) is 3.02. The fourth-order valence-corrected chi connectivity index (χ4v) is 2.20.